The van der Waals surface area contributed by atoms with Gasteiger partial charge in [-0.2, -0.15) is 0 Å². The van der Waals surface area contributed by atoms with Crippen LogP contribution in [0.5, 0.6) is 11.5 Å². The normalized spacial score (nSPS) is 10.9. The number of carbonyl (C=O) groups is 1. The van der Waals surface area contributed by atoms with Crippen molar-refractivity contribution in [3.8, 4) is 11.5 Å². The molecule has 300 valence electrons. The zero-order valence-corrected chi connectivity index (χ0v) is 35.5. The number of nitrogens with two attached hydrogens (primary N) is 1. The summed E-state index contributed by atoms with van der Waals surface area (Å²) in [5, 5.41) is 27.5. The number of fused-ring (bicyclic) bond motifs is 2. The molecule has 1 unspecified atom stereocenters. The Hall–Kier alpha value is -5.97. The number of phenolic OH excluding ortho intramolecular Hbond substituents is 2. The number of halogens is 4. The minimum atomic E-state index is -0.516. The largest absolute Gasteiger partial charge is 0.506 e. The summed E-state index contributed by atoms with van der Waals surface area (Å²) < 4.78 is 0. The number of hydrogen-bond acceptors (Lipinski definition) is 9. The molecule has 4 heterocycles. The summed E-state index contributed by atoms with van der Waals surface area (Å²) in [6.45, 7) is 7.63. The molecule has 4 aromatic heterocycles. The summed E-state index contributed by atoms with van der Waals surface area (Å²) in [6.07, 6.45) is 0.644. The molecule has 8 aromatic rings. The van der Waals surface area contributed by atoms with Crippen LogP contribution in [0.15, 0.2) is 127 Å². The molecule has 0 saturated heterocycles. The smallest absolute Gasteiger partial charge is 0.153 e. The van der Waals surface area contributed by atoms with Crippen molar-refractivity contribution >= 4 is 86.1 Å². The van der Waals surface area contributed by atoms with Gasteiger partial charge in [0.2, 0.25) is 0 Å². The number of benzene rings is 4. The van der Waals surface area contributed by atoms with Gasteiger partial charge in [0, 0.05) is 54.7 Å². The number of nitrogens with one attached hydrogen (secondary N) is 1. The van der Waals surface area contributed by atoms with Crippen molar-refractivity contribution < 1.29 is 15.0 Å². The SMILES string of the molecule is Cc1ccc2cccc(O)c2n1.Cc1cccc(N)n1.Cc1cccc(NC(c2ccc3ccc(C)nc3c2O)c2c(Cl)cccc2Cl)n1.O=Cc1c(Cl)cccc1Cl. The van der Waals surface area contributed by atoms with E-state index in [1.54, 1.807) is 48.5 Å². The molecular formula is C46H40Cl4N6O3. The average molecular weight is 867 g/mol. The van der Waals surface area contributed by atoms with Crippen molar-refractivity contribution in [1.82, 2.24) is 19.9 Å². The minimum absolute atomic E-state index is 0.0901. The standard InChI is InChI=1S/C23H19Cl2N3O.C10H9NO.C7H4Cl2O.C6H8N2/c1-13-5-3-8-19(26-13)28-22(20-17(24)6-4-7-18(20)25)16-12-11-15-10-9-14(2)27-21(15)23(16)29;1-7-5-6-8-3-2-4-9(12)10(8)11-7;8-6-2-1-3-7(9)5(6)4-10;1-5-3-2-4-6(7)8-5/h3-12,22,29H,1-2H3,(H,26,28);2-6,12H,1H3;1-4H;2-4H,1H3,(H2,7,8). The number of carbonyl (C=O) groups excluding carboxylic acids is 1. The summed E-state index contributed by atoms with van der Waals surface area (Å²) in [6, 6.07) is 38.0. The molecule has 4 aromatic carbocycles. The number of phenols is 2. The number of aromatic hydroxyl groups is 2. The van der Waals surface area contributed by atoms with Crippen molar-refractivity contribution in [2.45, 2.75) is 33.7 Å². The molecule has 8 rings (SSSR count). The quantitative estimate of drug-likeness (QED) is 0.124. The van der Waals surface area contributed by atoms with E-state index in [4.69, 9.17) is 52.1 Å². The minimum Gasteiger partial charge on any atom is -0.506 e. The Morgan fingerprint density at radius 1 is 0.559 bits per heavy atom. The van der Waals surface area contributed by atoms with Gasteiger partial charge >= 0.3 is 0 Å². The van der Waals surface area contributed by atoms with Gasteiger partial charge in [-0.25, -0.2) is 19.9 Å². The Balaban J connectivity index is 0.000000179. The van der Waals surface area contributed by atoms with E-state index >= 15 is 0 Å². The predicted octanol–water partition coefficient (Wildman–Crippen LogP) is 12.5. The van der Waals surface area contributed by atoms with Gasteiger partial charge in [0.25, 0.3) is 0 Å². The van der Waals surface area contributed by atoms with Crippen LogP contribution in [0.25, 0.3) is 21.8 Å². The van der Waals surface area contributed by atoms with E-state index in [0.717, 1.165) is 33.5 Å². The molecule has 13 heteroatoms. The maximum absolute atomic E-state index is 11.1. The zero-order valence-electron chi connectivity index (χ0n) is 32.5. The molecule has 9 nitrogen and oxygen atoms in total. The number of nitrogens with zero attached hydrogens (tertiary/aromatic N) is 4. The number of para-hydroxylation sites is 1. The Morgan fingerprint density at radius 3 is 1.59 bits per heavy atom. The van der Waals surface area contributed by atoms with Crippen LogP contribution in [0, 0.1) is 27.7 Å². The van der Waals surface area contributed by atoms with E-state index in [0.29, 0.717) is 65.7 Å². The highest BCUT2D eigenvalue weighted by Gasteiger charge is 2.25. The van der Waals surface area contributed by atoms with Crippen LogP contribution in [0.4, 0.5) is 11.6 Å². The van der Waals surface area contributed by atoms with Gasteiger partial charge in [-0.05, 0) is 94.4 Å². The molecule has 0 aliphatic carbocycles. The summed E-state index contributed by atoms with van der Waals surface area (Å²) in [5.74, 6) is 1.58. The monoisotopic (exact) mass is 864 g/mol. The number of aromatic nitrogens is 4. The molecule has 1 atom stereocenters. The topological polar surface area (TPSA) is 147 Å². The first-order valence-corrected chi connectivity index (χ1v) is 19.6. The Kier molecular flexibility index (Phi) is 15.4. The lowest BCUT2D eigenvalue weighted by Gasteiger charge is -2.24. The third-order valence-corrected chi connectivity index (χ3v) is 9.97. The second-order valence-corrected chi connectivity index (χ2v) is 14.8. The molecule has 5 N–H and O–H groups in total. The first-order chi connectivity index (χ1) is 28.2. The second-order valence-electron chi connectivity index (χ2n) is 13.2. The molecule has 59 heavy (non-hydrogen) atoms. The lowest BCUT2D eigenvalue weighted by Crippen LogP contribution is -2.15. The van der Waals surface area contributed by atoms with E-state index in [2.05, 4.69) is 25.3 Å². The molecular weight excluding hydrogens is 826 g/mol. The first kappa shape index (κ1) is 44.1. The van der Waals surface area contributed by atoms with Gasteiger partial charge in [-0.15, -0.1) is 0 Å². The van der Waals surface area contributed by atoms with E-state index < -0.39 is 6.04 Å². The molecule has 0 aliphatic rings. The number of anilines is 2. The predicted molar refractivity (Wildman–Crippen MR) is 242 cm³/mol. The number of hydrogen-bond donors (Lipinski definition) is 4. The number of nitrogen functional groups attached to an aromatic ring is 1. The average Bonchev–Trinajstić information content (AvgIpc) is 3.19. The lowest BCUT2D eigenvalue weighted by molar-refractivity contribution is 0.112. The van der Waals surface area contributed by atoms with Crippen molar-refractivity contribution in [1.29, 1.82) is 0 Å². The molecule has 0 saturated carbocycles. The molecule has 0 radical (unpaired) electrons. The van der Waals surface area contributed by atoms with Crippen LogP contribution in [-0.2, 0) is 0 Å². The third-order valence-electron chi connectivity index (χ3n) is 8.65. The van der Waals surface area contributed by atoms with E-state index in [9.17, 15) is 15.0 Å². The van der Waals surface area contributed by atoms with Crippen LogP contribution in [-0.4, -0.2) is 36.4 Å². The number of pyridine rings is 4. The van der Waals surface area contributed by atoms with Crippen LogP contribution in [0.2, 0.25) is 20.1 Å². The highest BCUT2D eigenvalue weighted by molar-refractivity contribution is 6.38. The van der Waals surface area contributed by atoms with Gasteiger partial charge in [-0.3, -0.25) is 4.79 Å². The van der Waals surface area contributed by atoms with E-state index in [-0.39, 0.29) is 11.5 Å². The molecule has 0 aliphatic heterocycles. The Labute approximate surface area is 362 Å². The Morgan fingerprint density at radius 2 is 1.05 bits per heavy atom. The van der Waals surface area contributed by atoms with Gasteiger partial charge in [-0.1, -0.05) is 107 Å². The fourth-order valence-corrected chi connectivity index (χ4v) is 6.90. The zero-order chi connectivity index (χ0) is 42.6. The van der Waals surface area contributed by atoms with Crippen LogP contribution in [0.1, 0.15) is 50.3 Å². The highest BCUT2D eigenvalue weighted by atomic mass is 35.5. The molecule has 0 fully saturated rings. The van der Waals surface area contributed by atoms with Gasteiger partial charge in [0.15, 0.2) is 6.29 Å². The van der Waals surface area contributed by atoms with E-state index in [1.165, 1.54) is 0 Å². The van der Waals surface area contributed by atoms with Crippen LogP contribution in [0.3, 0.4) is 0 Å². The summed E-state index contributed by atoms with van der Waals surface area (Å²) in [5.41, 5.74) is 11.8. The molecule has 0 spiro atoms. The highest BCUT2D eigenvalue weighted by Crippen LogP contribution is 2.41. The van der Waals surface area contributed by atoms with Crippen LogP contribution < -0.4 is 11.1 Å². The number of aldehydes is 1. The molecule has 0 bridgehead atoms. The van der Waals surface area contributed by atoms with Crippen molar-refractivity contribution in [2.24, 2.45) is 0 Å². The van der Waals surface area contributed by atoms with Gasteiger partial charge < -0.3 is 21.3 Å². The summed E-state index contributed by atoms with van der Waals surface area (Å²) in [7, 11) is 0. The second kappa shape index (κ2) is 20.6. The van der Waals surface area contributed by atoms with E-state index in [1.807, 2.05) is 107 Å². The number of aryl methyl sites for hydroxylation is 4. The molecule has 0 amide bonds. The fraction of sp³-hybridized carbons (Fsp3) is 0.109. The van der Waals surface area contributed by atoms with Crippen molar-refractivity contribution in [3.63, 3.8) is 0 Å². The summed E-state index contributed by atoms with van der Waals surface area (Å²) >= 11 is 24.3. The maximum Gasteiger partial charge on any atom is 0.153 e. The summed E-state index contributed by atoms with van der Waals surface area (Å²) in [4.78, 5) is 27.5. The third kappa shape index (κ3) is 11.8. The van der Waals surface area contributed by atoms with Crippen molar-refractivity contribution in [2.75, 3.05) is 11.1 Å². The lowest BCUT2D eigenvalue weighted by atomic mass is 9.96. The van der Waals surface area contributed by atoms with Gasteiger partial charge in [0.1, 0.15) is 34.2 Å². The van der Waals surface area contributed by atoms with Crippen molar-refractivity contribution in [3.05, 3.63) is 187 Å². The van der Waals surface area contributed by atoms with Crippen LogP contribution >= 0.6 is 46.4 Å². The maximum atomic E-state index is 11.1. The van der Waals surface area contributed by atoms with Gasteiger partial charge in [0.05, 0.1) is 21.7 Å². The fourth-order valence-electron chi connectivity index (χ4n) is 5.80. The number of rotatable bonds is 5. The Bertz CT molecular complexity index is 2680. The first-order valence-electron chi connectivity index (χ1n) is 18.1.